The third kappa shape index (κ3) is 5.38. The Bertz CT molecular complexity index is 523. The highest BCUT2D eigenvalue weighted by Crippen LogP contribution is 2.08. The molecule has 0 aliphatic carbocycles. The van der Waals surface area contributed by atoms with Crippen LogP contribution in [0.2, 0.25) is 0 Å². The summed E-state index contributed by atoms with van der Waals surface area (Å²) < 4.78 is 17.9. The molecule has 0 bridgehead atoms. The Morgan fingerprint density at radius 2 is 1.86 bits per heavy atom. The highest BCUT2D eigenvalue weighted by Gasteiger charge is 2.26. The number of rotatable bonds is 6. The lowest BCUT2D eigenvalue weighted by Gasteiger charge is -2.21. The number of halogens is 1. The number of nitrogens with one attached hydrogen (secondary N) is 1. The Morgan fingerprint density at radius 3 is 2.33 bits per heavy atom. The maximum atomic E-state index is 12.8. The normalized spacial score (nSPS) is 11.9. The molecule has 0 saturated carbocycles. The Labute approximate surface area is 124 Å². The summed E-state index contributed by atoms with van der Waals surface area (Å²) in [5, 5.41) is 2.61. The van der Waals surface area contributed by atoms with Gasteiger partial charge in [-0.25, -0.2) is 9.18 Å². The van der Waals surface area contributed by atoms with Gasteiger partial charge in [-0.3, -0.25) is 4.79 Å². The minimum atomic E-state index is -0.762. The van der Waals surface area contributed by atoms with E-state index in [4.69, 9.17) is 4.74 Å². The molecule has 0 radical (unpaired) electrons. The molecule has 0 aliphatic rings. The van der Waals surface area contributed by atoms with Crippen LogP contribution in [0.4, 0.5) is 4.39 Å². The summed E-state index contributed by atoms with van der Waals surface area (Å²) in [5.41, 5.74) is 1.01. The van der Waals surface area contributed by atoms with E-state index in [1.165, 1.54) is 24.3 Å². The fraction of sp³-hybridized carbons (Fsp3) is 0.375. The monoisotopic (exact) mass is 293 g/mol. The average Bonchev–Trinajstić information content (AvgIpc) is 2.42. The van der Waals surface area contributed by atoms with Gasteiger partial charge in [0.25, 0.3) is 5.91 Å². The van der Waals surface area contributed by atoms with Crippen LogP contribution in [0.25, 0.3) is 0 Å². The highest BCUT2D eigenvalue weighted by molar-refractivity contribution is 5.96. The zero-order valence-corrected chi connectivity index (χ0v) is 12.5. The first kappa shape index (κ1) is 16.9. The van der Waals surface area contributed by atoms with Crippen LogP contribution in [0.15, 0.2) is 36.4 Å². The van der Waals surface area contributed by atoms with Gasteiger partial charge in [-0.1, -0.05) is 20.4 Å². The lowest BCUT2D eigenvalue weighted by atomic mass is 10.0. The average molecular weight is 293 g/mol. The van der Waals surface area contributed by atoms with E-state index in [0.29, 0.717) is 0 Å². The number of benzene rings is 1. The molecule has 0 heterocycles. The first-order chi connectivity index (χ1) is 9.81. The van der Waals surface area contributed by atoms with Crippen molar-refractivity contribution in [2.24, 2.45) is 5.92 Å². The van der Waals surface area contributed by atoms with Gasteiger partial charge in [0.1, 0.15) is 18.5 Å². The van der Waals surface area contributed by atoms with Crippen molar-refractivity contribution in [1.29, 1.82) is 0 Å². The van der Waals surface area contributed by atoms with Gasteiger partial charge in [0.05, 0.1) is 0 Å². The fourth-order valence-corrected chi connectivity index (χ4v) is 1.61. The van der Waals surface area contributed by atoms with E-state index < -0.39 is 23.7 Å². The smallest absolute Gasteiger partial charge is 0.329 e. The van der Waals surface area contributed by atoms with E-state index in [0.717, 1.165) is 5.57 Å². The standard InChI is InChI=1S/C16H20FNO3/c1-10(2)9-21-16(20)14(11(3)4)18-15(19)12-5-7-13(17)8-6-12/h5-8,11,14H,1,9H2,2-4H3,(H,18,19). The van der Waals surface area contributed by atoms with Crippen molar-refractivity contribution in [1.82, 2.24) is 5.32 Å². The molecule has 0 spiro atoms. The summed E-state index contributed by atoms with van der Waals surface area (Å²) in [7, 11) is 0. The van der Waals surface area contributed by atoms with Gasteiger partial charge in [-0.2, -0.15) is 0 Å². The van der Waals surface area contributed by atoms with Gasteiger partial charge in [-0.15, -0.1) is 0 Å². The zero-order valence-electron chi connectivity index (χ0n) is 12.5. The topological polar surface area (TPSA) is 55.4 Å². The summed E-state index contributed by atoms with van der Waals surface area (Å²) in [4.78, 5) is 24.0. The second-order valence-corrected chi connectivity index (χ2v) is 5.27. The van der Waals surface area contributed by atoms with Gasteiger partial charge >= 0.3 is 5.97 Å². The molecule has 1 amide bonds. The molecule has 1 unspecified atom stereocenters. The first-order valence-electron chi connectivity index (χ1n) is 6.68. The summed E-state index contributed by atoms with van der Waals surface area (Å²) >= 11 is 0. The zero-order chi connectivity index (χ0) is 16.0. The van der Waals surface area contributed by atoms with Crippen LogP contribution in [0, 0.1) is 11.7 Å². The van der Waals surface area contributed by atoms with Crippen molar-refractivity contribution in [3.8, 4) is 0 Å². The second-order valence-electron chi connectivity index (χ2n) is 5.27. The number of ether oxygens (including phenoxy) is 1. The van der Waals surface area contributed by atoms with Crippen molar-refractivity contribution in [2.45, 2.75) is 26.8 Å². The molecular weight excluding hydrogens is 273 g/mol. The van der Waals surface area contributed by atoms with Crippen molar-refractivity contribution in [2.75, 3.05) is 6.61 Å². The minimum Gasteiger partial charge on any atom is -0.460 e. The molecule has 0 aliphatic heterocycles. The van der Waals surface area contributed by atoms with Crippen LogP contribution < -0.4 is 5.32 Å². The molecule has 0 saturated heterocycles. The molecule has 1 aromatic carbocycles. The number of carbonyl (C=O) groups is 2. The molecule has 5 heteroatoms. The molecule has 21 heavy (non-hydrogen) atoms. The predicted octanol–water partition coefficient (Wildman–Crippen LogP) is 2.70. The summed E-state index contributed by atoms with van der Waals surface area (Å²) in [6, 6.07) is 4.35. The van der Waals surface area contributed by atoms with Crippen LogP contribution in [-0.2, 0) is 9.53 Å². The summed E-state index contributed by atoms with van der Waals surface area (Å²) in [6.45, 7) is 9.12. The number of hydrogen-bond acceptors (Lipinski definition) is 3. The van der Waals surface area contributed by atoms with Crippen LogP contribution in [-0.4, -0.2) is 24.5 Å². The fourth-order valence-electron chi connectivity index (χ4n) is 1.61. The van der Waals surface area contributed by atoms with Gasteiger partial charge in [0, 0.05) is 5.56 Å². The summed E-state index contributed by atoms with van der Waals surface area (Å²) in [5.74, 6) is -1.51. The van der Waals surface area contributed by atoms with Gasteiger partial charge in [0.2, 0.25) is 0 Å². The van der Waals surface area contributed by atoms with E-state index in [9.17, 15) is 14.0 Å². The maximum absolute atomic E-state index is 12.8. The Balaban J connectivity index is 2.73. The lowest BCUT2D eigenvalue weighted by molar-refractivity contribution is -0.146. The van der Waals surface area contributed by atoms with E-state index in [1.54, 1.807) is 20.8 Å². The third-order valence-corrected chi connectivity index (χ3v) is 2.77. The SMILES string of the molecule is C=C(C)COC(=O)C(NC(=O)c1ccc(F)cc1)C(C)C. The number of amides is 1. The highest BCUT2D eigenvalue weighted by atomic mass is 19.1. The first-order valence-corrected chi connectivity index (χ1v) is 6.68. The van der Waals surface area contributed by atoms with Gasteiger partial charge < -0.3 is 10.1 Å². The Morgan fingerprint density at radius 1 is 1.29 bits per heavy atom. The van der Waals surface area contributed by atoms with Crippen LogP contribution in [0.3, 0.4) is 0 Å². The molecule has 1 aromatic rings. The Hall–Kier alpha value is -2.17. The van der Waals surface area contributed by atoms with Crippen LogP contribution in [0.1, 0.15) is 31.1 Å². The minimum absolute atomic E-state index is 0.120. The van der Waals surface area contributed by atoms with Crippen molar-refractivity contribution in [3.63, 3.8) is 0 Å². The van der Waals surface area contributed by atoms with Crippen LogP contribution >= 0.6 is 0 Å². The molecule has 114 valence electrons. The molecule has 1 rings (SSSR count). The van der Waals surface area contributed by atoms with Gasteiger partial charge in [0.15, 0.2) is 0 Å². The molecule has 1 N–H and O–H groups in total. The number of esters is 1. The van der Waals surface area contributed by atoms with E-state index in [1.807, 2.05) is 0 Å². The maximum Gasteiger partial charge on any atom is 0.329 e. The largest absolute Gasteiger partial charge is 0.460 e. The molecule has 0 fully saturated rings. The van der Waals surface area contributed by atoms with E-state index >= 15 is 0 Å². The Kier molecular flexibility index (Phi) is 6.09. The molecular formula is C16H20FNO3. The summed E-state index contributed by atoms with van der Waals surface area (Å²) in [6.07, 6.45) is 0. The third-order valence-electron chi connectivity index (χ3n) is 2.77. The molecule has 4 nitrogen and oxygen atoms in total. The van der Waals surface area contributed by atoms with Crippen molar-refractivity contribution < 1.29 is 18.7 Å². The van der Waals surface area contributed by atoms with Crippen molar-refractivity contribution >= 4 is 11.9 Å². The molecule has 1 atom stereocenters. The number of carbonyl (C=O) groups excluding carboxylic acids is 2. The second kappa shape index (κ2) is 7.57. The van der Waals surface area contributed by atoms with Crippen molar-refractivity contribution in [3.05, 3.63) is 47.8 Å². The van der Waals surface area contributed by atoms with E-state index in [2.05, 4.69) is 11.9 Å². The predicted molar refractivity (Wildman–Crippen MR) is 78.3 cm³/mol. The van der Waals surface area contributed by atoms with E-state index in [-0.39, 0.29) is 18.1 Å². The lowest BCUT2D eigenvalue weighted by Crippen LogP contribution is -2.45. The molecule has 0 aromatic heterocycles. The number of hydrogen-bond donors (Lipinski definition) is 1. The van der Waals surface area contributed by atoms with Gasteiger partial charge in [-0.05, 0) is 42.7 Å². The quantitative estimate of drug-likeness (QED) is 0.648. The van der Waals surface area contributed by atoms with Crippen LogP contribution in [0.5, 0.6) is 0 Å².